The van der Waals surface area contributed by atoms with Crippen molar-refractivity contribution in [2.75, 3.05) is 17.7 Å². The van der Waals surface area contributed by atoms with Crippen molar-refractivity contribution in [2.24, 2.45) is 0 Å². The minimum Gasteiger partial charge on any atom is -0.462 e. The summed E-state index contributed by atoms with van der Waals surface area (Å²) in [6.07, 6.45) is 0. The van der Waals surface area contributed by atoms with Crippen molar-refractivity contribution in [2.45, 2.75) is 18.2 Å². The molecule has 1 amide bonds. The second-order valence-electron chi connectivity index (χ2n) is 5.36. The molecule has 0 unspecified atom stereocenters. The molecule has 0 bridgehead atoms. The Bertz CT molecular complexity index is 938. The molecule has 9 heteroatoms. The zero-order valence-corrected chi connectivity index (χ0v) is 17.2. The fraction of sp³-hybridized carbons (Fsp3) is 0.222. The molecular formula is C18H17N3O3S3. The number of aromatic nitrogens is 2. The fourth-order valence-corrected chi connectivity index (χ4v) is 4.90. The van der Waals surface area contributed by atoms with Gasteiger partial charge in [0.2, 0.25) is 5.91 Å². The number of nitrogens with zero attached hydrogens (tertiary/aromatic N) is 2. The number of carbonyl (C=O) groups is 2. The van der Waals surface area contributed by atoms with Gasteiger partial charge in [-0.2, -0.15) is 0 Å². The number of amides is 1. The van der Waals surface area contributed by atoms with Crippen LogP contribution in [0, 0.1) is 6.92 Å². The van der Waals surface area contributed by atoms with Gasteiger partial charge in [0.1, 0.15) is 10.0 Å². The largest absolute Gasteiger partial charge is 0.462 e. The van der Waals surface area contributed by atoms with Crippen molar-refractivity contribution in [3.8, 4) is 10.4 Å². The standard InChI is InChI=1S/C18H17N3O3S3/c1-3-24-17(23)13-9-14(12-7-5-4-6-8-12)27-16(13)19-15(22)10-25-18-21-20-11(2)26-18/h4-9H,3,10H2,1-2H3,(H,19,22). The summed E-state index contributed by atoms with van der Waals surface area (Å²) in [5.74, 6) is -0.464. The second-order valence-corrected chi connectivity index (χ2v) is 8.82. The fourth-order valence-electron chi connectivity index (χ4n) is 2.22. The molecule has 6 nitrogen and oxygen atoms in total. The number of hydrogen-bond acceptors (Lipinski definition) is 8. The van der Waals surface area contributed by atoms with Crippen molar-refractivity contribution in [1.29, 1.82) is 0 Å². The highest BCUT2D eigenvalue weighted by molar-refractivity contribution is 8.01. The quantitative estimate of drug-likeness (QED) is 0.449. The van der Waals surface area contributed by atoms with Crippen LogP contribution in [0.4, 0.5) is 5.00 Å². The van der Waals surface area contributed by atoms with E-state index in [1.807, 2.05) is 37.3 Å². The highest BCUT2D eigenvalue weighted by Gasteiger charge is 2.20. The van der Waals surface area contributed by atoms with Gasteiger partial charge in [-0.15, -0.1) is 21.5 Å². The van der Waals surface area contributed by atoms with E-state index in [4.69, 9.17) is 4.74 Å². The van der Waals surface area contributed by atoms with Crippen LogP contribution < -0.4 is 5.32 Å². The van der Waals surface area contributed by atoms with Crippen molar-refractivity contribution in [3.63, 3.8) is 0 Å². The van der Waals surface area contributed by atoms with E-state index in [2.05, 4.69) is 15.5 Å². The molecule has 2 heterocycles. The zero-order chi connectivity index (χ0) is 19.2. The number of rotatable bonds is 7. The maximum Gasteiger partial charge on any atom is 0.341 e. The Morgan fingerprint density at radius 1 is 1.19 bits per heavy atom. The smallest absolute Gasteiger partial charge is 0.341 e. The second kappa shape index (κ2) is 9.12. The number of aryl methyl sites for hydroxylation is 1. The molecule has 0 aliphatic rings. The third-order valence-electron chi connectivity index (χ3n) is 3.37. The van der Waals surface area contributed by atoms with E-state index in [9.17, 15) is 9.59 Å². The Labute approximate surface area is 169 Å². The Morgan fingerprint density at radius 2 is 1.96 bits per heavy atom. The van der Waals surface area contributed by atoms with Crippen LogP contribution in [0.15, 0.2) is 40.7 Å². The summed E-state index contributed by atoms with van der Waals surface area (Å²) in [7, 11) is 0. The van der Waals surface area contributed by atoms with E-state index in [0.29, 0.717) is 10.6 Å². The number of carbonyl (C=O) groups excluding carboxylic acids is 2. The summed E-state index contributed by atoms with van der Waals surface area (Å²) >= 11 is 4.11. The zero-order valence-electron chi connectivity index (χ0n) is 14.7. The van der Waals surface area contributed by atoms with Crippen LogP contribution >= 0.6 is 34.4 Å². The minimum atomic E-state index is -0.446. The Kier molecular flexibility index (Phi) is 6.59. The number of benzene rings is 1. The number of thiophene rings is 1. The van der Waals surface area contributed by atoms with Crippen molar-refractivity contribution < 1.29 is 14.3 Å². The lowest BCUT2D eigenvalue weighted by molar-refractivity contribution is -0.113. The van der Waals surface area contributed by atoms with E-state index < -0.39 is 5.97 Å². The SMILES string of the molecule is CCOC(=O)c1cc(-c2ccccc2)sc1NC(=O)CSc1nnc(C)s1. The summed E-state index contributed by atoms with van der Waals surface area (Å²) in [4.78, 5) is 25.5. The molecule has 3 aromatic rings. The van der Waals surface area contributed by atoms with Gasteiger partial charge in [0, 0.05) is 4.88 Å². The van der Waals surface area contributed by atoms with Gasteiger partial charge in [-0.25, -0.2) is 4.79 Å². The average molecular weight is 420 g/mol. The molecule has 27 heavy (non-hydrogen) atoms. The van der Waals surface area contributed by atoms with Gasteiger partial charge >= 0.3 is 5.97 Å². The van der Waals surface area contributed by atoms with Gasteiger partial charge in [0.15, 0.2) is 4.34 Å². The average Bonchev–Trinajstić information content (AvgIpc) is 3.27. The van der Waals surface area contributed by atoms with Crippen LogP contribution in [0.2, 0.25) is 0 Å². The molecule has 1 aromatic carbocycles. The molecule has 0 fully saturated rings. The molecule has 0 atom stereocenters. The van der Waals surface area contributed by atoms with Gasteiger partial charge in [0.05, 0.1) is 17.9 Å². The first-order chi connectivity index (χ1) is 13.1. The number of thioether (sulfide) groups is 1. The van der Waals surface area contributed by atoms with E-state index >= 15 is 0 Å². The van der Waals surface area contributed by atoms with E-state index in [1.165, 1.54) is 34.4 Å². The molecule has 0 saturated heterocycles. The van der Waals surface area contributed by atoms with Crippen LogP contribution in [-0.4, -0.2) is 34.4 Å². The Hall–Kier alpha value is -2.23. The highest BCUT2D eigenvalue weighted by Crippen LogP contribution is 2.36. The predicted molar refractivity (Wildman–Crippen MR) is 110 cm³/mol. The first kappa shape index (κ1) is 19.5. The lowest BCUT2D eigenvalue weighted by Crippen LogP contribution is -2.15. The molecule has 1 N–H and O–H groups in total. The van der Waals surface area contributed by atoms with Gasteiger partial charge in [-0.3, -0.25) is 4.79 Å². The third kappa shape index (κ3) is 5.15. The van der Waals surface area contributed by atoms with Crippen molar-refractivity contribution in [1.82, 2.24) is 10.2 Å². The van der Waals surface area contributed by atoms with Crippen LogP contribution in [-0.2, 0) is 9.53 Å². The summed E-state index contributed by atoms with van der Waals surface area (Å²) < 4.78 is 5.87. The van der Waals surface area contributed by atoms with Crippen LogP contribution in [0.3, 0.4) is 0 Å². The third-order valence-corrected chi connectivity index (χ3v) is 6.44. The first-order valence-corrected chi connectivity index (χ1v) is 10.8. The van der Waals surface area contributed by atoms with E-state index in [1.54, 1.807) is 13.0 Å². The van der Waals surface area contributed by atoms with Gasteiger partial charge in [-0.1, -0.05) is 53.4 Å². The molecule has 2 aromatic heterocycles. The molecular weight excluding hydrogens is 402 g/mol. The van der Waals surface area contributed by atoms with Crippen LogP contribution in [0.5, 0.6) is 0 Å². The normalized spacial score (nSPS) is 10.6. The molecule has 140 valence electrons. The van der Waals surface area contributed by atoms with Gasteiger partial charge in [0.25, 0.3) is 0 Å². The minimum absolute atomic E-state index is 0.190. The number of nitrogens with one attached hydrogen (secondary N) is 1. The van der Waals surface area contributed by atoms with E-state index in [-0.39, 0.29) is 18.3 Å². The summed E-state index contributed by atoms with van der Waals surface area (Å²) in [6, 6.07) is 11.5. The van der Waals surface area contributed by atoms with Crippen molar-refractivity contribution >= 4 is 51.3 Å². The maximum atomic E-state index is 12.4. The van der Waals surface area contributed by atoms with Crippen molar-refractivity contribution in [3.05, 3.63) is 47.0 Å². The van der Waals surface area contributed by atoms with E-state index in [0.717, 1.165) is 19.8 Å². The lowest BCUT2D eigenvalue weighted by Gasteiger charge is -2.05. The molecule has 0 saturated carbocycles. The predicted octanol–water partition coefficient (Wildman–Crippen LogP) is 4.48. The highest BCUT2D eigenvalue weighted by atomic mass is 32.2. The van der Waals surface area contributed by atoms with Gasteiger partial charge in [-0.05, 0) is 25.5 Å². The Morgan fingerprint density at radius 3 is 2.63 bits per heavy atom. The topological polar surface area (TPSA) is 81.2 Å². The number of ether oxygens (including phenoxy) is 1. The van der Waals surface area contributed by atoms with Crippen LogP contribution in [0.25, 0.3) is 10.4 Å². The molecule has 0 aliphatic heterocycles. The summed E-state index contributed by atoms with van der Waals surface area (Å²) in [6.45, 7) is 3.89. The summed E-state index contributed by atoms with van der Waals surface area (Å²) in [5, 5.41) is 12.1. The number of anilines is 1. The van der Waals surface area contributed by atoms with Gasteiger partial charge < -0.3 is 10.1 Å². The molecule has 0 spiro atoms. The summed E-state index contributed by atoms with van der Waals surface area (Å²) in [5.41, 5.74) is 1.35. The first-order valence-electron chi connectivity index (χ1n) is 8.16. The Balaban J connectivity index is 1.76. The molecule has 0 aliphatic carbocycles. The maximum absolute atomic E-state index is 12.4. The number of esters is 1. The molecule has 3 rings (SSSR count). The number of hydrogen-bond donors (Lipinski definition) is 1. The molecule has 0 radical (unpaired) electrons. The van der Waals surface area contributed by atoms with Crippen LogP contribution in [0.1, 0.15) is 22.3 Å². The lowest BCUT2D eigenvalue weighted by atomic mass is 10.1. The monoisotopic (exact) mass is 419 g/mol.